The van der Waals surface area contributed by atoms with E-state index < -0.39 is 23.3 Å². The first kappa shape index (κ1) is 15.4. The highest BCUT2D eigenvalue weighted by molar-refractivity contribution is 9.10. The number of benzene rings is 2. The lowest BCUT2D eigenvalue weighted by molar-refractivity contribution is 0.209. The molecule has 0 saturated heterocycles. The molecule has 0 heterocycles. The molecule has 5 heteroatoms. The molecule has 0 aliphatic heterocycles. The fraction of sp³-hybridized carbons (Fsp3) is 0.200. The average molecular weight is 362 g/mol. The van der Waals surface area contributed by atoms with Gasteiger partial charge in [0.1, 0.15) is 17.7 Å². The van der Waals surface area contributed by atoms with Crippen LogP contribution in [0.2, 0.25) is 5.02 Å². The number of hydrogen-bond acceptors (Lipinski definition) is 1. The Hall–Kier alpha value is -0.970. The number of aliphatic hydroxyl groups excluding tert-OH is 1. The Bertz CT molecular complexity index is 650. The predicted molar refractivity (Wildman–Crippen MR) is 79.0 cm³/mol. The summed E-state index contributed by atoms with van der Waals surface area (Å²) in [5.41, 5.74) is 1.72. The Morgan fingerprint density at radius 3 is 2.10 bits per heavy atom. The quantitative estimate of drug-likeness (QED) is 0.791. The third-order valence-corrected chi connectivity index (χ3v) is 4.01. The average Bonchev–Trinajstić information content (AvgIpc) is 2.32. The van der Waals surface area contributed by atoms with E-state index in [9.17, 15) is 13.9 Å². The maximum Gasteiger partial charge on any atom is 0.133 e. The van der Waals surface area contributed by atoms with Crippen molar-refractivity contribution in [3.8, 4) is 0 Å². The molecule has 0 spiro atoms. The van der Waals surface area contributed by atoms with Crippen LogP contribution in [-0.4, -0.2) is 5.11 Å². The molecular formula is C15H12BrClF2O. The predicted octanol–water partition coefficient (Wildman–Crippen LogP) is 5.08. The highest BCUT2D eigenvalue weighted by atomic mass is 79.9. The molecule has 0 amide bonds. The van der Waals surface area contributed by atoms with E-state index in [1.165, 1.54) is 0 Å². The molecule has 2 aromatic carbocycles. The summed E-state index contributed by atoms with van der Waals surface area (Å²) in [6, 6.07) is 5.53. The van der Waals surface area contributed by atoms with Gasteiger partial charge >= 0.3 is 0 Å². The lowest BCUT2D eigenvalue weighted by Crippen LogP contribution is -2.07. The van der Waals surface area contributed by atoms with Crippen molar-refractivity contribution in [2.75, 3.05) is 0 Å². The van der Waals surface area contributed by atoms with Gasteiger partial charge in [0.2, 0.25) is 0 Å². The first-order valence-electron chi connectivity index (χ1n) is 5.90. The van der Waals surface area contributed by atoms with E-state index in [1.54, 1.807) is 12.1 Å². The highest BCUT2D eigenvalue weighted by Crippen LogP contribution is 2.34. The lowest BCUT2D eigenvalue weighted by atomic mass is 9.97. The Balaban J connectivity index is 2.57. The van der Waals surface area contributed by atoms with Crippen LogP contribution in [0.4, 0.5) is 8.78 Å². The highest BCUT2D eigenvalue weighted by Gasteiger charge is 2.23. The summed E-state index contributed by atoms with van der Waals surface area (Å²) in [5, 5.41) is 10.5. The molecule has 1 unspecified atom stereocenters. The van der Waals surface area contributed by atoms with E-state index in [4.69, 9.17) is 11.6 Å². The maximum absolute atomic E-state index is 13.9. The minimum Gasteiger partial charge on any atom is -0.383 e. The molecular weight excluding hydrogens is 350 g/mol. The van der Waals surface area contributed by atoms with Gasteiger partial charge in [0.15, 0.2) is 0 Å². The summed E-state index contributed by atoms with van der Waals surface area (Å²) in [4.78, 5) is 0. The number of halogens is 4. The van der Waals surface area contributed by atoms with Gasteiger partial charge in [-0.15, -0.1) is 0 Å². The molecule has 106 valence electrons. The topological polar surface area (TPSA) is 20.2 Å². The second-order valence-electron chi connectivity index (χ2n) is 4.64. The smallest absolute Gasteiger partial charge is 0.133 e. The number of aryl methyl sites for hydroxylation is 2. The fourth-order valence-electron chi connectivity index (χ4n) is 1.98. The molecule has 0 aromatic heterocycles. The Morgan fingerprint density at radius 1 is 1.05 bits per heavy atom. The molecule has 2 rings (SSSR count). The molecule has 2 aromatic rings. The normalized spacial score (nSPS) is 12.6. The van der Waals surface area contributed by atoms with Crippen LogP contribution in [0.15, 0.2) is 28.7 Å². The third kappa shape index (κ3) is 2.87. The SMILES string of the molecule is Cc1cc(Cl)c(C(O)c2c(F)cc(Br)cc2F)cc1C. The Labute approximate surface area is 129 Å². The largest absolute Gasteiger partial charge is 0.383 e. The molecule has 1 atom stereocenters. The van der Waals surface area contributed by atoms with Crippen LogP contribution < -0.4 is 0 Å². The third-order valence-electron chi connectivity index (χ3n) is 3.22. The summed E-state index contributed by atoms with van der Waals surface area (Å²) in [7, 11) is 0. The van der Waals surface area contributed by atoms with Gasteiger partial charge in [-0.3, -0.25) is 0 Å². The minimum atomic E-state index is -1.45. The van der Waals surface area contributed by atoms with E-state index in [2.05, 4.69) is 15.9 Å². The van der Waals surface area contributed by atoms with Crippen molar-refractivity contribution in [2.24, 2.45) is 0 Å². The van der Waals surface area contributed by atoms with Crippen molar-refractivity contribution in [1.82, 2.24) is 0 Å². The maximum atomic E-state index is 13.9. The van der Waals surface area contributed by atoms with E-state index in [0.717, 1.165) is 23.3 Å². The second kappa shape index (κ2) is 5.80. The van der Waals surface area contributed by atoms with E-state index in [0.29, 0.717) is 0 Å². The minimum absolute atomic E-state index is 0.273. The van der Waals surface area contributed by atoms with Gasteiger partial charge in [-0.1, -0.05) is 33.6 Å². The molecule has 0 saturated carbocycles. The van der Waals surface area contributed by atoms with Crippen LogP contribution in [-0.2, 0) is 0 Å². The first-order valence-corrected chi connectivity index (χ1v) is 7.07. The molecule has 0 radical (unpaired) electrons. The molecule has 1 nitrogen and oxygen atoms in total. The van der Waals surface area contributed by atoms with Gasteiger partial charge in [-0.05, 0) is 43.2 Å². The van der Waals surface area contributed by atoms with E-state index in [-0.39, 0.29) is 15.1 Å². The Kier molecular flexibility index (Phi) is 4.47. The molecule has 0 aliphatic carbocycles. The standard InChI is InChI=1S/C15H12BrClF2O/c1-7-3-10(11(17)4-8(7)2)15(20)14-12(18)5-9(16)6-13(14)19/h3-6,15,20H,1-2H3. The van der Waals surface area contributed by atoms with Gasteiger partial charge in [0.05, 0.1) is 5.56 Å². The monoisotopic (exact) mass is 360 g/mol. The van der Waals surface area contributed by atoms with Gasteiger partial charge in [-0.25, -0.2) is 8.78 Å². The molecule has 1 N–H and O–H groups in total. The van der Waals surface area contributed by atoms with Crippen molar-refractivity contribution in [1.29, 1.82) is 0 Å². The number of aliphatic hydroxyl groups is 1. The second-order valence-corrected chi connectivity index (χ2v) is 5.97. The molecule has 0 fully saturated rings. The van der Waals surface area contributed by atoms with Crippen LogP contribution in [0, 0.1) is 25.5 Å². The van der Waals surface area contributed by atoms with Crippen LogP contribution >= 0.6 is 27.5 Å². The van der Waals surface area contributed by atoms with Crippen LogP contribution in [0.5, 0.6) is 0 Å². The summed E-state index contributed by atoms with van der Waals surface area (Å²) >= 11 is 9.07. The zero-order chi connectivity index (χ0) is 15.0. The number of rotatable bonds is 2. The van der Waals surface area contributed by atoms with Gasteiger partial charge < -0.3 is 5.11 Å². The summed E-state index contributed by atoms with van der Waals surface area (Å²) in [6.45, 7) is 3.72. The Morgan fingerprint density at radius 2 is 1.55 bits per heavy atom. The van der Waals surface area contributed by atoms with Gasteiger partial charge in [0.25, 0.3) is 0 Å². The van der Waals surface area contributed by atoms with Crippen molar-refractivity contribution >= 4 is 27.5 Å². The first-order chi connectivity index (χ1) is 9.31. The van der Waals surface area contributed by atoms with Gasteiger partial charge in [0, 0.05) is 15.1 Å². The van der Waals surface area contributed by atoms with Crippen LogP contribution in [0.1, 0.15) is 28.4 Å². The number of hydrogen-bond donors (Lipinski definition) is 1. The van der Waals surface area contributed by atoms with Crippen molar-refractivity contribution in [3.63, 3.8) is 0 Å². The molecule has 0 aliphatic rings. The van der Waals surface area contributed by atoms with Gasteiger partial charge in [-0.2, -0.15) is 0 Å². The summed E-state index contributed by atoms with van der Waals surface area (Å²) in [6.07, 6.45) is -1.45. The van der Waals surface area contributed by atoms with Crippen LogP contribution in [0.25, 0.3) is 0 Å². The zero-order valence-corrected chi connectivity index (χ0v) is 13.2. The summed E-state index contributed by atoms with van der Waals surface area (Å²) < 4.78 is 28.0. The lowest BCUT2D eigenvalue weighted by Gasteiger charge is -2.17. The fourth-order valence-corrected chi connectivity index (χ4v) is 2.71. The molecule has 20 heavy (non-hydrogen) atoms. The van der Waals surface area contributed by atoms with E-state index >= 15 is 0 Å². The van der Waals surface area contributed by atoms with Crippen molar-refractivity contribution in [3.05, 3.63) is 67.6 Å². The summed E-state index contributed by atoms with van der Waals surface area (Å²) in [5.74, 6) is -1.64. The van der Waals surface area contributed by atoms with Crippen LogP contribution in [0.3, 0.4) is 0 Å². The zero-order valence-electron chi connectivity index (χ0n) is 10.8. The van der Waals surface area contributed by atoms with Crippen molar-refractivity contribution < 1.29 is 13.9 Å². The van der Waals surface area contributed by atoms with E-state index in [1.807, 2.05) is 13.8 Å². The molecule has 0 bridgehead atoms. The van der Waals surface area contributed by atoms with Crippen molar-refractivity contribution in [2.45, 2.75) is 20.0 Å².